The van der Waals surface area contributed by atoms with Gasteiger partial charge in [-0.05, 0) is 38.6 Å². The number of nitriles is 1. The number of alkyl halides is 3. The van der Waals surface area contributed by atoms with Gasteiger partial charge in [-0.3, -0.25) is 4.90 Å². The van der Waals surface area contributed by atoms with Crippen LogP contribution >= 0.6 is 0 Å². The van der Waals surface area contributed by atoms with E-state index in [0.717, 1.165) is 25.7 Å². The first-order chi connectivity index (χ1) is 7.42. The highest BCUT2D eigenvalue weighted by Gasteiger charge is 2.33. The fraction of sp³-hybridized carbons (Fsp3) is 0.909. The van der Waals surface area contributed by atoms with Crippen LogP contribution in [0.4, 0.5) is 13.2 Å². The second kappa shape index (κ2) is 5.53. The number of halogens is 3. The van der Waals surface area contributed by atoms with E-state index in [0.29, 0.717) is 12.3 Å². The SMILES string of the molecule is CN(CC(F)(F)F)[C@H]1CC[C@@H](CC#N)CC1. The first-order valence-corrected chi connectivity index (χ1v) is 5.56. The van der Waals surface area contributed by atoms with Gasteiger partial charge in [0.1, 0.15) is 0 Å². The zero-order valence-corrected chi connectivity index (χ0v) is 9.43. The lowest BCUT2D eigenvalue weighted by atomic mass is 9.84. The first kappa shape index (κ1) is 13.3. The third-order valence-electron chi connectivity index (χ3n) is 3.25. The van der Waals surface area contributed by atoms with Crippen molar-refractivity contribution >= 4 is 0 Å². The Morgan fingerprint density at radius 2 is 1.81 bits per heavy atom. The molecule has 2 nitrogen and oxygen atoms in total. The molecule has 0 radical (unpaired) electrons. The van der Waals surface area contributed by atoms with Crippen LogP contribution in [-0.4, -0.2) is 30.7 Å². The predicted molar refractivity (Wildman–Crippen MR) is 54.7 cm³/mol. The molecule has 1 rings (SSSR count). The zero-order chi connectivity index (χ0) is 12.2. The van der Waals surface area contributed by atoms with Crippen molar-refractivity contribution in [2.45, 2.75) is 44.3 Å². The standard InChI is InChI=1S/C11H17F3N2/c1-16(8-11(12,13)14)10-4-2-9(3-5-10)6-7-15/h9-10H,2-6,8H2,1H3/t9-,10+. The average Bonchev–Trinajstić information content (AvgIpc) is 2.16. The van der Waals surface area contributed by atoms with Crippen molar-refractivity contribution in [2.24, 2.45) is 5.92 Å². The van der Waals surface area contributed by atoms with Crippen LogP contribution in [0.15, 0.2) is 0 Å². The van der Waals surface area contributed by atoms with Crippen LogP contribution in [0, 0.1) is 17.2 Å². The third kappa shape index (κ3) is 4.40. The molecule has 1 aliphatic rings. The highest BCUT2D eigenvalue weighted by Crippen LogP contribution is 2.30. The van der Waals surface area contributed by atoms with Crippen molar-refractivity contribution in [1.29, 1.82) is 5.26 Å². The van der Waals surface area contributed by atoms with Gasteiger partial charge in [0.05, 0.1) is 12.6 Å². The molecule has 0 bridgehead atoms. The Hall–Kier alpha value is -0.760. The fourth-order valence-electron chi connectivity index (χ4n) is 2.33. The van der Waals surface area contributed by atoms with E-state index in [4.69, 9.17) is 5.26 Å². The number of rotatable bonds is 3. The number of hydrogen-bond acceptors (Lipinski definition) is 2. The minimum atomic E-state index is -4.11. The van der Waals surface area contributed by atoms with Gasteiger partial charge in [-0.2, -0.15) is 18.4 Å². The molecule has 5 heteroatoms. The van der Waals surface area contributed by atoms with E-state index < -0.39 is 12.7 Å². The Morgan fingerprint density at radius 1 is 1.25 bits per heavy atom. The Kier molecular flexibility index (Phi) is 4.60. The van der Waals surface area contributed by atoms with Gasteiger partial charge in [-0.25, -0.2) is 0 Å². The third-order valence-corrected chi connectivity index (χ3v) is 3.25. The van der Waals surface area contributed by atoms with Gasteiger partial charge in [0.15, 0.2) is 0 Å². The lowest BCUT2D eigenvalue weighted by molar-refractivity contribution is -0.148. The van der Waals surface area contributed by atoms with Crippen molar-refractivity contribution in [3.05, 3.63) is 0 Å². The molecule has 0 saturated heterocycles. The summed E-state index contributed by atoms with van der Waals surface area (Å²) < 4.78 is 36.5. The summed E-state index contributed by atoms with van der Waals surface area (Å²) in [7, 11) is 1.53. The number of hydrogen-bond donors (Lipinski definition) is 0. The molecule has 0 atom stereocenters. The largest absolute Gasteiger partial charge is 0.401 e. The van der Waals surface area contributed by atoms with Crippen molar-refractivity contribution in [1.82, 2.24) is 4.90 Å². The highest BCUT2D eigenvalue weighted by molar-refractivity contribution is 4.84. The van der Waals surface area contributed by atoms with Gasteiger partial charge in [0.2, 0.25) is 0 Å². The van der Waals surface area contributed by atoms with Crippen molar-refractivity contribution in [3.63, 3.8) is 0 Å². The van der Waals surface area contributed by atoms with Crippen LogP contribution < -0.4 is 0 Å². The first-order valence-electron chi connectivity index (χ1n) is 5.56. The summed E-state index contributed by atoms with van der Waals surface area (Å²) in [5.41, 5.74) is 0. The molecule has 0 unspecified atom stereocenters. The molecule has 1 fully saturated rings. The van der Waals surface area contributed by atoms with Gasteiger partial charge in [0, 0.05) is 12.5 Å². The molecule has 0 aromatic heterocycles. The van der Waals surface area contributed by atoms with E-state index in [1.165, 1.54) is 11.9 Å². The molecule has 1 aliphatic carbocycles. The maximum atomic E-state index is 12.2. The maximum absolute atomic E-state index is 12.2. The summed E-state index contributed by atoms with van der Waals surface area (Å²) in [6, 6.07) is 2.15. The summed E-state index contributed by atoms with van der Waals surface area (Å²) in [5.74, 6) is 0.389. The molecular formula is C11H17F3N2. The van der Waals surface area contributed by atoms with E-state index in [-0.39, 0.29) is 6.04 Å². The van der Waals surface area contributed by atoms with Crippen molar-refractivity contribution in [3.8, 4) is 6.07 Å². The molecule has 0 aromatic carbocycles. The molecule has 0 amide bonds. The van der Waals surface area contributed by atoms with Gasteiger partial charge >= 0.3 is 6.18 Å². The van der Waals surface area contributed by atoms with E-state index in [9.17, 15) is 13.2 Å². The lowest BCUT2D eigenvalue weighted by Crippen LogP contribution is -2.40. The van der Waals surface area contributed by atoms with Crippen LogP contribution in [0.2, 0.25) is 0 Å². The number of nitrogens with zero attached hydrogens (tertiary/aromatic N) is 2. The summed E-state index contributed by atoms with van der Waals surface area (Å²) in [5, 5.41) is 8.54. The topological polar surface area (TPSA) is 27.0 Å². The van der Waals surface area contributed by atoms with Crippen LogP contribution in [0.25, 0.3) is 0 Å². The quantitative estimate of drug-likeness (QED) is 0.750. The maximum Gasteiger partial charge on any atom is 0.401 e. The summed E-state index contributed by atoms with van der Waals surface area (Å²) in [6.45, 7) is -0.833. The monoisotopic (exact) mass is 234 g/mol. The molecule has 0 aromatic rings. The summed E-state index contributed by atoms with van der Waals surface area (Å²) in [6.07, 6.45) is -0.271. The zero-order valence-electron chi connectivity index (χ0n) is 9.43. The Bertz CT molecular complexity index is 249. The molecule has 0 N–H and O–H groups in total. The smallest absolute Gasteiger partial charge is 0.295 e. The molecule has 92 valence electrons. The van der Waals surface area contributed by atoms with Crippen LogP contribution in [0.5, 0.6) is 0 Å². The van der Waals surface area contributed by atoms with E-state index in [2.05, 4.69) is 6.07 Å². The van der Waals surface area contributed by atoms with E-state index in [1.54, 1.807) is 0 Å². The summed E-state index contributed by atoms with van der Waals surface area (Å²) in [4.78, 5) is 1.39. The molecule has 0 heterocycles. The molecule has 1 saturated carbocycles. The van der Waals surface area contributed by atoms with E-state index >= 15 is 0 Å². The van der Waals surface area contributed by atoms with Gasteiger partial charge < -0.3 is 0 Å². The normalized spacial score (nSPS) is 26.8. The van der Waals surface area contributed by atoms with Gasteiger partial charge in [-0.1, -0.05) is 0 Å². The molecule has 0 spiro atoms. The Labute approximate surface area is 94.0 Å². The molecule has 0 aliphatic heterocycles. The van der Waals surface area contributed by atoms with Crippen molar-refractivity contribution in [2.75, 3.05) is 13.6 Å². The fourth-order valence-corrected chi connectivity index (χ4v) is 2.33. The minimum absolute atomic E-state index is 0.0246. The summed E-state index contributed by atoms with van der Waals surface area (Å²) >= 11 is 0. The minimum Gasteiger partial charge on any atom is -0.295 e. The van der Waals surface area contributed by atoms with Gasteiger partial charge in [-0.15, -0.1) is 0 Å². The van der Waals surface area contributed by atoms with Crippen LogP contribution in [0.3, 0.4) is 0 Å². The second-order valence-electron chi connectivity index (χ2n) is 4.57. The van der Waals surface area contributed by atoms with Crippen LogP contribution in [0.1, 0.15) is 32.1 Å². The van der Waals surface area contributed by atoms with Gasteiger partial charge in [0.25, 0.3) is 0 Å². The molecular weight excluding hydrogens is 217 g/mol. The van der Waals surface area contributed by atoms with Crippen LogP contribution in [-0.2, 0) is 0 Å². The second-order valence-corrected chi connectivity index (χ2v) is 4.57. The highest BCUT2D eigenvalue weighted by atomic mass is 19.4. The predicted octanol–water partition coefficient (Wildman–Crippen LogP) is 2.95. The molecule has 16 heavy (non-hydrogen) atoms. The average molecular weight is 234 g/mol. The van der Waals surface area contributed by atoms with Crippen molar-refractivity contribution < 1.29 is 13.2 Å². The van der Waals surface area contributed by atoms with E-state index in [1.807, 2.05) is 0 Å². The Morgan fingerprint density at radius 3 is 2.25 bits per heavy atom. The Balaban J connectivity index is 2.33. The lowest BCUT2D eigenvalue weighted by Gasteiger charge is -2.34.